The van der Waals surface area contributed by atoms with Gasteiger partial charge in [-0.25, -0.2) is 0 Å². The summed E-state index contributed by atoms with van der Waals surface area (Å²) in [6, 6.07) is 14.7. The van der Waals surface area contributed by atoms with E-state index in [0.29, 0.717) is 18.8 Å². The largest absolute Gasteiger partial charge is 0.488 e. The maximum atomic E-state index is 6.38. The van der Waals surface area contributed by atoms with Crippen molar-refractivity contribution < 1.29 is 14.2 Å². The first-order valence-corrected chi connectivity index (χ1v) is 9.91. The van der Waals surface area contributed by atoms with Crippen molar-refractivity contribution >= 4 is 0 Å². The topological polar surface area (TPSA) is 27.7 Å². The molecule has 2 atom stereocenters. The van der Waals surface area contributed by atoms with E-state index in [9.17, 15) is 0 Å². The van der Waals surface area contributed by atoms with Crippen molar-refractivity contribution in [2.45, 2.75) is 44.1 Å². The van der Waals surface area contributed by atoms with E-state index >= 15 is 0 Å². The Hall–Kier alpha value is -2.16. The molecular weight excluding hydrogens is 324 g/mol. The van der Waals surface area contributed by atoms with E-state index in [2.05, 4.69) is 36.4 Å². The van der Waals surface area contributed by atoms with Crippen LogP contribution in [0.15, 0.2) is 42.5 Å². The standard InChI is InChI=1S/C23H24O3/c1-2-4-15(5-3-1)13-24-20-10-22-21(25-14-26-22)9-19(20)23-11-16-6-17(12-23)8-18(23)7-16/h1-5,9-10,16-18H,6-8,11-14H2. The lowest BCUT2D eigenvalue weighted by Gasteiger charge is -2.34. The molecule has 2 unspecified atom stereocenters. The molecule has 1 heterocycles. The van der Waals surface area contributed by atoms with Crippen LogP contribution in [0.5, 0.6) is 17.2 Å². The highest BCUT2D eigenvalue weighted by atomic mass is 16.7. The monoisotopic (exact) mass is 348 g/mol. The summed E-state index contributed by atoms with van der Waals surface area (Å²) in [4.78, 5) is 0. The van der Waals surface area contributed by atoms with Crippen LogP contribution in [-0.2, 0) is 12.0 Å². The van der Waals surface area contributed by atoms with Crippen molar-refractivity contribution in [1.82, 2.24) is 0 Å². The molecule has 0 N–H and O–H groups in total. The van der Waals surface area contributed by atoms with Crippen LogP contribution in [0.3, 0.4) is 0 Å². The highest BCUT2D eigenvalue weighted by molar-refractivity contribution is 5.55. The van der Waals surface area contributed by atoms with Gasteiger partial charge in [-0.15, -0.1) is 0 Å². The molecule has 4 bridgehead atoms. The lowest BCUT2D eigenvalue weighted by molar-refractivity contribution is 0.173. The molecule has 4 aliphatic carbocycles. The summed E-state index contributed by atoms with van der Waals surface area (Å²) >= 11 is 0. The zero-order chi connectivity index (χ0) is 17.1. The van der Waals surface area contributed by atoms with Crippen LogP contribution in [0.2, 0.25) is 0 Å². The van der Waals surface area contributed by atoms with E-state index in [4.69, 9.17) is 14.2 Å². The minimum Gasteiger partial charge on any atom is -0.488 e. The second-order valence-electron chi connectivity index (χ2n) is 8.68. The number of ether oxygens (including phenoxy) is 3. The molecular formula is C23H24O3. The van der Waals surface area contributed by atoms with Gasteiger partial charge in [-0.2, -0.15) is 0 Å². The van der Waals surface area contributed by atoms with E-state index in [1.54, 1.807) is 0 Å². The Labute approximate surface area is 154 Å². The molecule has 0 saturated heterocycles. The second-order valence-corrected chi connectivity index (χ2v) is 8.68. The first kappa shape index (κ1) is 15.0. The van der Waals surface area contributed by atoms with Gasteiger partial charge in [0.05, 0.1) is 0 Å². The average molecular weight is 348 g/mol. The molecule has 5 aliphatic rings. The van der Waals surface area contributed by atoms with Gasteiger partial charge in [0.1, 0.15) is 12.4 Å². The van der Waals surface area contributed by atoms with E-state index in [-0.39, 0.29) is 0 Å². The molecule has 0 amide bonds. The molecule has 134 valence electrons. The van der Waals surface area contributed by atoms with Crippen molar-refractivity contribution in [3.8, 4) is 17.2 Å². The summed E-state index contributed by atoms with van der Waals surface area (Å²) in [6.45, 7) is 0.916. The summed E-state index contributed by atoms with van der Waals surface area (Å²) in [5.41, 5.74) is 2.89. The summed E-state index contributed by atoms with van der Waals surface area (Å²) in [7, 11) is 0. The Morgan fingerprint density at radius 3 is 2.42 bits per heavy atom. The zero-order valence-corrected chi connectivity index (χ0v) is 14.9. The number of rotatable bonds is 4. The number of fused-ring (bicyclic) bond motifs is 1. The van der Waals surface area contributed by atoms with Crippen molar-refractivity contribution in [1.29, 1.82) is 0 Å². The fraction of sp³-hybridized carbons (Fsp3) is 0.478. The van der Waals surface area contributed by atoms with Gasteiger partial charge < -0.3 is 14.2 Å². The predicted octanol–water partition coefficient (Wildman–Crippen LogP) is 5.07. The highest BCUT2D eigenvalue weighted by Crippen LogP contribution is 2.67. The van der Waals surface area contributed by atoms with Gasteiger partial charge >= 0.3 is 0 Å². The van der Waals surface area contributed by atoms with E-state index < -0.39 is 0 Å². The van der Waals surface area contributed by atoms with E-state index in [1.165, 1.54) is 43.2 Å². The molecule has 3 nitrogen and oxygen atoms in total. The Morgan fingerprint density at radius 2 is 1.65 bits per heavy atom. The fourth-order valence-corrected chi connectivity index (χ4v) is 6.40. The number of hydrogen-bond donors (Lipinski definition) is 0. The molecule has 4 saturated carbocycles. The summed E-state index contributed by atoms with van der Waals surface area (Å²) in [5, 5.41) is 0. The van der Waals surface area contributed by atoms with Gasteiger partial charge in [-0.05, 0) is 61.5 Å². The molecule has 1 aliphatic heterocycles. The Kier molecular flexibility index (Phi) is 3.12. The van der Waals surface area contributed by atoms with Crippen molar-refractivity contribution in [3.05, 3.63) is 53.6 Å². The Morgan fingerprint density at radius 1 is 0.923 bits per heavy atom. The van der Waals surface area contributed by atoms with Crippen LogP contribution in [0.4, 0.5) is 0 Å². The lowest BCUT2D eigenvalue weighted by atomic mass is 9.70. The zero-order valence-electron chi connectivity index (χ0n) is 14.9. The molecule has 4 fully saturated rings. The average Bonchev–Trinajstić information content (AvgIpc) is 3.29. The maximum absolute atomic E-state index is 6.38. The van der Waals surface area contributed by atoms with Crippen molar-refractivity contribution in [3.63, 3.8) is 0 Å². The summed E-state index contributed by atoms with van der Waals surface area (Å²) in [5.74, 6) is 5.38. The van der Waals surface area contributed by atoms with Gasteiger partial charge in [0.2, 0.25) is 6.79 Å². The maximum Gasteiger partial charge on any atom is 0.231 e. The van der Waals surface area contributed by atoms with Crippen LogP contribution in [0, 0.1) is 17.8 Å². The fourth-order valence-electron chi connectivity index (χ4n) is 6.40. The smallest absolute Gasteiger partial charge is 0.231 e. The van der Waals surface area contributed by atoms with Gasteiger partial charge in [-0.3, -0.25) is 0 Å². The van der Waals surface area contributed by atoms with Gasteiger partial charge in [0, 0.05) is 17.0 Å². The van der Waals surface area contributed by atoms with Crippen LogP contribution in [-0.4, -0.2) is 6.79 Å². The molecule has 26 heavy (non-hydrogen) atoms. The third-order valence-electron chi connectivity index (χ3n) is 7.24. The molecule has 2 aromatic carbocycles. The van der Waals surface area contributed by atoms with Gasteiger partial charge in [0.15, 0.2) is 11.5 Å². The third kappa shape index (κ3) is 2.12. The van der Waals surface area contributed by atoms with E-state index in [0.717, 1.165) is 35.0 Å². The summed E-state index contributed by atoms with van der Waals surface area (Å²) < 4.78 is 17.7. The summed E-state index contributed by atoms with van der Waals surface area (Å²) in [6.07, 6.45) is 6.92. The SMILES string of the molecule is c1ccc(COc2cc3c(cc2C24CC5CC(CC2C5)C4)OCO3)cc1. The number of hydrogen-bond acceptors (Lipinski definition) is 3. The number of benzene rings is 2. The molecule has 7 rings (SSSR count). The predicted molar refractivity (Wildman–Crippen MR) is 98.6 cm³/mol. The lowest BCUT2D eigenvalue weighted by Crippen LogP contribution is -2.28. The molecule has 2 aromatic rings. The van der Waals surface area contributed by atoms with Crippen LogP contribution >= 0.6 is 0 Å². The highest BCUT2D eigenvalue weighted by Gasteiger charge is 2.59. The minimum atomic E-state index is 0.306. The second kappa shape index (κ2) is 5.42. The van der Waals surface area contributed by atoms with Crippen LogP contribution in [0.25, 0.3) is 0 Å². The normalized spacial score (nSPS) is 33.0. The first-order valence-electron chi connectivity index (χ1n) is 9.91. The molecule has 0 aromatic heterocycles. The quantitative estimate of drug-likeness (QED) is 0.772. The van der Waals surface area contributed by atoms with Crippen molar-refractivity contribution in [2.24, 2.45) is 17.8 Å². The molecule has 3 heteroatoms. The van der Waals surface area contributed by atoms with Gasteiger partial charge in [-0.1, -0.05) is 30.3 Å². The van der Waals surface area contributed by atoms with Crippen LogP contribution in [0.1, 0.15) is 43.2 Å². The third-order valence-corrected chi connectivity index (χ3v) is 7.24. The van der Waals surface area contributed by atoms with Crippen LogP contribution < -0.4 is 14.2 Å². The first-order chi connectivity index (χ1) is 12.8. The Balaban J connectivity index is 1.40. The van der Waals surface area contributed by atoms with Crippen molar-refractivity contribution in [2.75, 3.05) is 6.79 Å². The Bertz CT molecular complexity index is 830. The molecule has 0 spiro atoms. The molecule has 0 radical (unpaired) electrons. The minimum absolute atomic E-state index is 0.306. The van der Waals surface area contributed by atoms with E-state index in [1.807, 2.05) is 6.07 Å². The van der Waals surface area contributed by atoms with Gasteiger partial charge in [0.25, 0.3) is 0 Å².